The topological polar surface area (TPSA) is 83.5 Å². The fourth-order valence-electron chi connectivity index (χ4n) is 2.62. The molecule has 116 valence electrons. The van der Waals surface area contributed by atoms with E-state index in [-0.39, 0.29) is 15.5 Å². The summed E-state index contributed by atoms with van der Waals surface area (Å²) in [7, 11) is -3.78. The van der Waals surface area contributed by atoms with Gasteiger partial charge in [-0.2, -0.15) is 0 Å². The first-order valence-electron chi connectivity index (χ1n) is 6.92. The molecule has 1 saturated carbocycles. The Labute approximate surface area is 129 Å². The minimum Gasteiger partial charge on any atom is -0.478 e. The van der Waals surface area contributed by atoms with E-state index in [2.05, 4.69) is 4.72 Å². The summed E-state index contributed by atoms with van der Waals surface area (Å²) in [5.41, 5.74) is -0.101. The van der Waals surface area contributed by atoms with Gasteiger partial charge in [0.15, 0.2) is 0 Å². The summed E-state index contributed by atoms with van der Waals surface area (Å²) in [6.45, 7) is 0.348. The number of sulfonamides is 1. The molecule has 21 heavy (non-hydrogen) atoms. The monoisotopic (exact) mass is 331 g/mol. The fourth-order valence-corrected chi connectivity index (χ4v) is 4.19. The van der Waals surface area contributed by atoms with E-state index in [9.17, 15) is 13.2 Å². The predicted molar refractivity (Wildman–Crippen MR) is 80.2 cm³/mol. The lowest BCUT2D eigenvalue weighted by atomic mass is 10.1. The summed E-state index contributed by atoms with van der Waals surface area (Å²) in [5.74, 6) is -0.609. The quantitative estimate of drug-likeness (QED) is 0.839. The lowest BCUT2D eigenvalue weighted by Crippen LogP contribution is -2.26. The molecule has 0 aliphatic heterocycles. The smallest absolute Gasteiger partial charge is 0.335 e. The van der Waals surface area contributed by atoms with Gasteiger partial charge in [0.2, 0.25) is 10.0 Å². The molecule has 0 saturated heterocycles. The molecule has 0 spiro atoms. The summed E-state index contributed by atoms with van der Waals surface area (Å²) in [6.07, 6.45) is 5.53. The SMILES string of the molecule is O=C(O)c1ccc(Cl)c(S(=O)(=O)NCCC2CCCC2)c1. The van der Waals surface area contributed by atoms with Crippen LogP contribution < -0.4 is 4.72 Å². The highest BCUT2D eigenvalue weighted by Crippen LogP contribution is 2.27. The van der Waals surface area contributed by atoms with Crippen LogP contribution in [0.25, 0.3) is 0 Å². The van der Waals surface area contributed by atoms with Gasteiger partial charge in [0, 0.05) is 6.54 Å². The highest BCUT2D eigenvalue weighted by atomic mass is 35.5. The zero-order valence-electron chi connectivity index (χ0n) is 11.5. The van der Waals surface area contributed by atoms with E-state index in [4.69, 9.17) is 16.7 Å². The van der Waals surface area contributed by atoms with Gasteiger partial charge in [-0.1, -0.05) is 37.3 Å². The lowest BCUT2D eigenvalue weighted by Gasteiger charge is -2.11. The average Bonchev–Trinajstić information content (AvgIpc) is 2.91. The van der Waals surface area contributed by atoms with Crippen LogP contribution in [0.3, 0.4) is 0 Å². The maximum Gasteiger partial charge on any atom is 0.335 e. The van der Waals surface area contributed by atoms with Crippen molar-refractivity contribution in [3.63, 3.8) is 0 Å². The molecule has 1 aliphatic carbocycles. The number of aromatic carboxylic acids is 1. The van der Waals surface area contributed by atoms with Crippen molar-refractivity contribution in [2.45, 2.75) is 37.0 Å². The summed E-state index contributed by atoms with van der Waals surface area (Å²) < 4.78 is 26.9. The zero-order valence-corrected chi connectivity index (χ0v) is 13.1. The number of rotatable bonds is 6. The Bertz CT molecular complexity index is 624. The Kier molecular flexibility index (Phi) is 5.24. The third-order valence-electron chi connectivity index (χ3n) is 3.79. The molecular weight excluding hydrogens is 314 g/mol. The van der Waals surface area contributed by atoms with Crippen LogP contribution >= 0.6 is 11.6 Å². The normalized spacial score (nSPS) is 16.2. The largest absolute Gasteiger partial charge is 0.478 e. The Morgan fingerprint density at radius 1 is 1.33 bits per heavy atom. The molecule has 0 amide bonds. The number of carboxylic acids is 1. The molecule has 7 heteroatoms. The second kappa shape index (κ2) is 6.77. The highest BCUT2D eigenvalue weighted by molar-refractivity contribution is 7.89. The van der Waals surface area contributed by atoms with E-state index in [1.807, 2.05) is 0 Å². The van der Waals surface area contributed by atoms with E-state index in [0.29, 0.717) is 12.5 Å². The van der Waals surface area contributed by atoms with Gasteiger partial charge < -0.3 is 5.11 Å². The molecule has 1 aromatic carbocycles. The van der Waals surface area contributed by atoms with Gasteiger partial charge >= 0.3 is 5.97 Å². The second-order valence-corrected chi connectivity index (χ2v) is 7.43. The molecule has 1 fully saturated rings. The molecule has 2 N–H and O–H groups in total. The number of halogens is 1. The summed E-state index contributed by atoms with van der Waals surface area (Å²) >= 11 is 5.88. The number of hydrogen-bond donors (Lipinski definition) is 2. The molecule has 0 radical (unpaired) electrons. The van der Waals surface area contributed by atoms with Gasteiger partial charge in [-0.3, -0.25) is 0 Å². The third-order valence-corrected chi connectivity index (χ3v) is 5.73. The number of carboxylic acid groups (broad SMARTS) is 1. The van der Waals surface area contributed by atoms with Crippen molar-refractivity contribution in [3.8, 4) is 0 Å². The molecule has 0 unspecified atom stereocenters. The van der Waals surface area contributed by atoms with Gasteiger partial charge in [-0.25, -0.2) is 17.9 Å². The van der Waals surface area contributed by atoms with Crippen LogP contribution in [0.15, 0.2) is 23.1 Å². The first-order chi connectivity index (χ1) is 9.90. The Morgan fingerprint density at radius 2 is 2.00 bits per heavy atom. The number of carbonyl (C=O) groups is 1. The van der Waals surface area contributed by atoms with E-state index in [0.717, 1.165) is 25.3 Å². The van der Waals surface area contributed by atoms with Gasteiger partial charge in [0.05, 0.1) is 10.6 Å². The van der Waals surface area contributed by atoms with Crippen LogP contribution in [0.5, 0.6) is 0 Å². The first-order valence-corrected chi connectivity index (χ1v) is 8.79. The number of hydrogen-bond acceptors (Lipinski definition) is 3. The fraction of sp³-hybridized carbons (Fsp3) is 0.500. The molecular formula is C14H18ClNO4S. The Balaban J connectivity index is 2.07. The maximum atomic E-state index is 12.2. The van der Waals surface area contributed by atoms with Gasteiger partial charge in [0.25, 0.3) is 0 Å². The van der Waals surface area contributed by atoms with E-state index < -0.39 is 16.0 Å². The minimum atomic E-state index is -3.78. The molecule has 0 aromatic heterocycles. The van der Waals surface area contributed by atoms with E-state index in [1.165, 1.54) is 25.0 Å². The third kappa shape index (κ3) is 4.18. The maximum absolute atomic E-state index is 12.2. The Hall–Kier alpha value is -1.11. The first kappa shape index (κ1) is 16.3. The average molecular weight is 332 g/mol. The van der Waals surface area contributed by atoms with Gasteiger partial charge in [0.1, 0.15) is 4.90 Å². The molecule has 2 rings (SSSR count). The zero-order chi connectivity index (χ0) is 15.5. The van der Waals surface area contributed by atoms with Crippen molar-refractivity contribution < 1.29 is 18.3 Å². The molecule has 1 aliphatic rings. The predicted octanol–water partition coefficient (Wildman–Crippen LogP) is 2.90. The number of nitrogens with one attached hydrogen (secondary N) is 1. The molecule has 5 nitrogen and oxygen atoms in total. The van der Waals surface area contributed by atoms with Crippen molar-refractivity contribution in [1.29, 1.82) is 0 Å². The summed E-state index contributed by atoms with van der Waals surface area (Å²) in [5, 5.41) is 8.95. The van der Waals surface area contributed by atoms with Gasteiger partial charge in [-0.15, -0.1) is 0 Å². The van der Waals surface area contributed by atoms with Crippen LogP contribution in [0, 0.1) is 5.92 Å². The second-order valence-electron chi connectivity index (χ2n) is 5.29. The number of benzene rings is 1. The van der Waals surface area contributed by atoms with E-state index in [1.54, 1.807) is 0 Å². The van der Waals surface area contributed by atoms with Crippen LogP contribution in [0.4, 0.5) is 0 Å². The summed E-state index contributed by atoms with van der Waals surface area (Å²) in [4.78, 5) is 10.7. The molecule has 0 atom stereocenters. The lowest BCUT2D eigenvalue weighted by molar-refractivity contribution is 0.0696. The van der Waals surface area contributed by atoms with Crippen LogP contribution in [0.1, 0.15) is 42.5 Å². The van der Waals surface area contributed by atoms with Crippen molar-refractivity contribution in [1.82, 2.24) is 4.72 Å². The van der Waals surface area contributed by atoms with E-state index >= 15 is 0 Å². The molecule has 0 heterocycles. The highest BCUT2D eigenvalue weighted by Gasteiger charge is 2.21. The van der Waals surface area contributed by atoms with Crippen LogP contribution in [-0.4, -0.2) is 26.0 Å². The molecule has 1 aromatic rings. The minimum absolute atomic E-state index is 0.0216. The summed E-state index contributed by atoms with van der Waals surface area (Å²) in [6, 6.07) is 3.65. The van der Waals surface area contributed by atoms with Crippen molar-refractivity contribution in [3.05, 3.63) is 28.8 Å². The van der Waals surface area contributed by atoms with Gasteiger partial charge in [-0.05, 0) is 30.5 Å². The standard InChI is InChI=1S/C14H18ClNO4S/c15-12-6-5-11(14(17)18)9-13(12)21(19,20)16-8-7-10-3-1-2-4-10/h5-6,9-10,16H,1-4,7-8H2,(H,17,18). The van der Waals surface area contributed by atoms with Crippen molar-refractivity contribution in [2.75, 3.05) is 6.54 Å². The Morgan fingerprint density at radius 3 is 2.62 bits per heavy atom. The van der Waals surface area contributed by atoms with Crippen LogP contribution in [0.2, 0.25) is 5.02 Å². The molecule has 0 bridgehead atoms. The van der Waals surface area contributed by atoms with Crippen molar-refractivity contribution >= 4 is 27.6 Å². The van der Waals surface area contributed by atoms with Crippen LogP contribution in [-0.2, 0) is 10.0 Å². The van der Waals surface area contributed by atoms with Crippen molar-refractivity contribution in [2.24, 2.45) is 5.92 Å².